The first-order valence-corrected chi connectivity index (χ1v) is 8.98. The van der Waals surface area contributed by atoms with Gasteiger partial charge < -0.3 is 4.74 Å². The molecular formula is C21H24N2O2. The van der Waals surface area contributed by atoms with Crippen LogP contribution >= 0.6 is 0 Å². The highest BCUT2D eigenvalue weighted by molar-refractivity contribution is 5.92. The molecule has 1 saturated heterocycles. The second-order valence-electron chi connectivity index (χ2n) is 7.96. The number of amides is 1. The lowest BCUT2D eigenvalue weighted by molar-refractivity contribution is 0.0175. The number of hydrogen-bond donors (Lipinski definition) is 0. The number of aromatic nitrogens is 1. The number of carbonyl (C=O) groups is 1. The molecule has 0 aliphatic carbocycles. The number of pyridine rings is 1. The first kappa shape index (κ1) is 16.1. The van der Waals surface area contributed by atoms with Crippen LogP contribution in [-0.2, 0) is 4.74 Å². The summed E-state index contributed by atoms with van der Waals surface area (Å²) in [7, 11) is 0. The molecular weight excluding hydrogens is 312 g/mol. The molecule has 0 N–H and O–H groups in total. The van der Waals surface area contributed by atoms with Gasteiger partial charge in [0, 0.05) is 17.6 Å². The Morgan fingerprint density at radius 3 is 2.76 bits per heavy atom. The largest absolute Gasteiger partial charge is 0.444 e. The molecule has 2 aromatic rings. The van der Waals surface area contributed by atoms with Gasteiger partial charge in [-0.3, -0.25) is 9.88 Å². The van der Waals surface area contributed by atoms with Crippen LogP contribution in [0, 0.1) is 0 Å². The highest BCUT2D eigenvalue weighted by Gasteiger charge is 2.42. The number of nitrogens with zero attached hydrogens (tertiary/aromatic N) is 2. The monoisotopic (exact) mass is 336 g/mol. The fourth-order valence-corrected chi connectivity index (χ4v) is 3.98. The van der Waals surface area contributed by atoms with Gasteiger partial charge >= 0.3 is 6.09 Å². The molecule has 0 radical (unpaired) electrons. The zero-order valence-electron chi connectivity index (χ0n) is 15.0. The van der Waals surface area contributed by atoms with Gasteiger partial charge in [0.25, 0.3) is 0 Å². The molecule has 4 rings (SSSR count). The van der Waals surface area contributed by atoms with Crippen molar-refractivity contribution in [3.05, 3.63) is 48.3 Å². The van der Waals surface area contributed by atoms with E-state index in [-0.39, 0.29) is 18.2 Å². The van der Waals surface area contributed by atoms with Crippen molar-refractivity contribution in [1.82, 2.24) is 9.88 Å². The standard InChI is InChI=1S/C21H24N2O2/c1-21(2,3)25-20(24)23-16-8-9-17(23)13-15(12-16)19-18-7-5-4-6-14(18)10-11-22-19/h4-7,10-12,16-17H,8-9,13H2,1-3H3. The van der Waals surface area contributed by atoms with Crippen LogP contribution in [0.3, 0.4) is 0 Å². The average Bonchev–Trinajstić information content (AvgIpc) is 2.83. The van der Waals surface area contributed by atoms with Crippen molar-refractivity contribution in [3.8, 4) is 0 Å². The molecule has 130 valence electrons. The molecule has 1 aromatic heterocycles. The van der Waals surface area contributed by atoms with Crippen LogP contribution in [-0.4, -0.2) is 33.7 Å². The summed E-state index contributed by atoms with van der Waals surface area (Å²) in [5.74, 6) is 0. The average molecular weight is 336 g/mol. The number of hydrogen-bond acceptors (Lipinski definition) is 3. The minimum absolute atomic E-state index is 0.115. The predicted octanol–water partition coefficient (Wildman–Crippen LogP) is 4.79. The van der Waals surface area contributed by atoms with E-state index in [0.29, 0.717) is 0 Å². The molecule has 2 aliphatic heterocycles. The number of rotatable bonds is 1. The third-order valence-electron chi connectivity index (χ3n) is 4.98. The Morgan fingerprint density at radius 1 is 1.20 bits per heavy atom. The maximum Gasteiger partial charge on any atom is 0.411 e. The van der Waals surface area contributed by atoms with Gasteiger partial charge in [-0.15, -0.1) is 0 Å². The normalized spacial score (nSPS) is 22.8. The van der Waals surface area contributed by atoms with Crippen molar-refractivity contribution in [2.75, 3.05) is 0 Å². The van der Waals surface area contributed by atoms with Crippen LogP contribution < -0.4 is 0 Å². The maximum atomic E-state index is 12.6. The Balaban J connectivity index is 1.66. The van der Waals surface area contributed by atoms with Gasteiger partial charge in [0.15, 0.2) is 0 Å². The van der Waals surface area contributed by atoms with Crippen molar-refractivity contribution < 1.29 is 9.53 Å². The van der Waals surface area contributed by atoms with E-state index in [1.165, 1.54) is 16.3 Å². The summed E-state index contributed by atoms with van der Waals surface area (Å²) in [5.41, 5.74) is 1.85. The fourth-order valence-electron chi connectivity index (χ4n) is 3.98. The Hall–Kier alpha value is -2.36. The molecule has 2 atom stereocenters. The predicted molar refractivity (Wildman–Crippen MR) is 99.2 cm³/mol. The third kappa shape index (κ3) is 3.01. The fraction of sp³-hybridized carbons (Fsp3) is 0.429. The van der Waals surface area contributed by atoms with Gasteiger partial charge in [0.05, 0.1) is 11.7 Å². The molecule has 2 aliphatic rings. The molecule has 1 amide bonds. The van der Waals surface area contributed by atoms with E-state index in [2.05, 4.69) is 35.3 Å². The van der Waals surface area contributed by atoms with Crippen LogP contribution in [0.25, 0.3) is 16.3 Å². The summed E-state index contributed by atoms with van der Waals surface area (Å²) in [6, 6.07) is 10.7. The quantitative estimate of drug-likeness (QED) is 0.752. The Kier molecular flexibility index (Phi) is 3.78. The maximum absolute atomic E-state index is 12.6. The van der Waals surface area contributed by atoms with Crippen LogP contribution in [0.1, 0.15) is 45.7 Å². The minimum Gasteiger partial charge on any atom is -0.444 e. The highest BCUT2D eigenvalue weighted by Crippen LogP contribution is 2.40. The van der Waals surface area contributed by atoms with Gasteiger partial charge in [0.1, 0.15) is 5.60 Å². The zero-order chi connectivity index (χ0) is 17.6. The third-order valence-corrected chi connectivity index (χ3v) is 4.98. The van der Waals surface area contributed by atoms with E-state index in [4.69, 9.17) is 4.74 Å². The summed E-state index contributed by atoms with van der Waals surface area (Å²) in [5, 5.41) is 2.39. The number of ether oxygens (including phenoxy) is 1. The second-order valence-corrected chi connectivity index (χ2v) is 7.96. The van der Waals surface area contributed by atoms with Crippen molar-refractivity contribution in [3.63, 3.8) is 0 Å². The van der Waals surface area contributed by atoms with Crippen molar-refractivity contribution >= 4 is 22.4 Å². The molecule has 4 nitrogen and oxygen atoms in total. The van der Waals surface area contributed by atoms with E-state index in [0.717, 1.165) is 25.0 Å². The SMILES string of the molecule is CC(C)(C)OC(=O)N1C2C=C(c3nccc4ccccc34)CC1CC2. The lowest BCUT2D eigenvalue weighted by atomic mass is 9.95. The molecule has 1 aromatic carbocycles. The van der Waals surface area contributed by atoms with Crippen LogP contribution in [0.15, 0.2) is 42.6 Å². The minimum atomic E-state index is -0.461. The highest BCUT2D eigenvalue weighted by atomic mass is 16.6. The van der Waals surface area contributed by atoms with E-state index in [1.807, 2.05) is 37.9 Å². The van der Waals surface area contributed by atoms with Gasteiger partial charge in [0.2, 0.25) is 0 Å². The van der Waals surface area contributed by atoms with Crippen molar-refractivity contribution in [1.29, 1.82) is 0 Å². The number of fused-ring (bicyclic) bond motifs is 3. The Bertz CT molecular complexity index is 845. The van der Waals surface area contributed by atoms with Crippen molar-refractivity contribution in [2.24, 2.45) is 0 Å². The van der Waals surface area contributed by atoms with Crippen LogP contribution in [0.4, 0.5) is 4.79 Å². The van der Waals surface area contributed by atoms with Gasteiger partial charge in [-0.2, -0.15) is 0 Å². The van der Waals surface area contributed by atoms with Crippen molar-refractivity contribution in [2.45, 2.75) is 57.7 Å². The first-order valence-electron chi connectivity index (χ1n) is 8.98. The van der Waals surface area contributed by atoms with E-state index < -0.39 is 5.60 Å². The molecule has 0 spiro atoms. The molecule has 1 fully saturated rings. The molecule has 3 heterocycles. The Labute approximate surface area is 148 Å². The van der Waals surface area contributed by atoms with Gasteiger partial charge in [-0.1, -0.05) is 30.3 Å². The summed E-state index contributed by atoms with van der Waals surface area (Å²) in [6.07, 6.45) is 6.77. The smallest absolute Gasteiger partial charge is 0.411 e. The van der Waals surface area contributed by atoms with Gasteiger partial charge in [-0.05, 0) is 57.1 Å². The first-order chi connectivity index (χ1) is 11.9. The summed E-state index contributed by atoms with van der Waals surface area (Å²) >= 11 is 0. The molecule has 25 heavy (non-hydrogen) atoms. The zero-order valence-corrected chi connectivity index (χ0v) is 15.0. The molecule has 2 bridgehead atoms. The number of benzene rings is 1. The lowest BCUT2D eigenvalue weighted by Crippen LogP contribution is -2.45. The topological polar surface area (TPSA) is 42.4 Å². The van der Waals surface area contributed by atoms with Crippen LogP contribution in [0.2, 0.25) is 0 Å². The molecule has 4 heteroatoms. The number of carbonyl (C=O) groups excluding carboxylic acids is 1. The Morgan fingerprint density at radius 2 is 2.00 bits per heavy atom. The van der Waals surface area contributed by atoms with Gasteiger partial charge in [-0.25, -0.2) is 4.79 Å². The lowest BCUT2D eigenvalue weighted by Gasteiger charge is -2.35. The van der Waals surface area contributed by atoms with E-state index in [9.17, 15) is 4.79 Å². The van der Waals surface area contributed by atoms with E-state index in [1.54, 1.807) is 0 Å². The summed E-state index contributed by atoms with van der Waals surface area (Å²) in [6.45, 7) is 5.74. The molecule has 2 unspecified atom stereocenters. The second kappa shape index (κ2) is 5.87. The summed E-state index contributed by atoms with van der Waals surface area (Å²) < 4.78 is 5.61. The summed E-state index contributed by atoms with van der Waals surface area (Å²) in [4.78, 5) is 19.2. The van der Waals surface area contributed by atoms with Crippen LogP contribution in [0.5, 0.6) is 0 Å². The molecule has 0 saturated carbocycles. The van der Waals surface area contributed by atoms with E-state index >= 15 is 0 Å².